The largest absolute Gasteiger partial charge is 0.314 e. The van der Waals surface area contributed by atoms with Crippen LogP contribution in [0.5, 0.6) is 0 Å². The number of aromatic nitrogens is 2. The summed E-state index contributed by atoms with van der Waals surface area (Å²) in [5.41, 5.74) is 1.76. The maximum atomic E-state index is 4.29. The standard InChI is InChI=1S/C18H33N3/c1-6-19-17-11-14(2)7-8-16(17)18(3,4)10-9-15-12-20-21(5)13-15/h12-14,16-17,19H,6-11H2,1-5H3. The van der Waals surface area contributed by atoms with Crippen molar-refractivity contribution in [3.63, 3.8) is 0 Å². The molecule has 21 heavy (non-hydrogen) atoms. The average molecular weight is 291 g/mol. The Hall–Kier alpha value is -0.830. The summed E-state index contributed by atoms with van der Waals surface area (Å²) >= 11 is 0. The van der Waals surface area contributed by atoms with E-state index >= 15 is 0 Å². The molecule has 3 heteroatoms. The average Bonchev–Trinajstić information content (AvgIpc) is 2.83. The van der Waals surface area contributed by atoms with Crippen molar-refractivity contribution in [2.45, 2.75) is 65.8 Å². The van der Waals surface area contributed by atoms with Gasteiger partial charge in [0.1, 0.15) is 0 Å². The number of aryl methyl sites for hydroxylation is 2. The van der Waals surface area contributed by atoms with Crippen LogP contribution in [-0.4, -0.2) is 22.4 Å². The third-order valence-electron chi connectivity index (χ3n) is 5.40. The van der Waals surface area contributed by atoms with Crippen molar-refractivity contribution >= 4 is 0 Å². The van der Waals surface area contributed by atoms with Gasteiger partial charge in [-0.15, -0.1) is 0 Å². The molecule has 1 N–H and O–H groups in total. The third kappa shape index (κ3) is 4.32. The normalized spacial score (nSPS) is 27.0. The minimum atomic E-state index is 0.392. The molecular formula is C18H33N3. The van der Waals surface area contributed by atoms with E-state index in [1.807, 2.05) is 17.9 Å². The van der Waals surface area contributed by atoms with Crippen LogP contribution in [0.2, 0.25) is 0 Å². The fourth-order valence-electron chi connectivity index (χ4n) is 4.06. The van der Waals surface area contributed by atoms with Gasteiger partial charge in [-0.2, -0.15) is 5.10 Å². The smallest absolute Gasteiger partial charge is 0.0521 e. The highest BCUT2D eigenvalue weighted by Gasteiger charge is 2.38. The van der Waals surface area contributed by atoms with Gasteiger partial charge in [-0.3, -0.25) is 4.68 Å². The Morgan fingerprint density at radius 3 is 2.76 bits per heavy atom. The second-order valence-corrected chi connectivity index (χ2v) is 7.70. The molecule has 0 spiro atoms. The van der Waals surface area contributed by atoms with E-state index < -0.39 is 0 Å². The van der Waals surface area contributed by atoms with Gasteiger partial charge in [-0.1, -0.05) is 34.1 Å². The fraction of sp³-hybridized carbons (Fsp3) is 0.833. The van der Waals surface area contributed by atoms with Crippen molar-refractivity contribution in [2.24, 2.45) is 24.3 Å². The van der Waals surface area contributed by atoms with Gasteiger partial charge < -0.3 is 5.32 Å². The van der Waals surface area contributed by atoms with Crippen LogP contribution in [-0.2, 0) is 13.5 Å². The highest BCUT2D eigenvalue weighted by atomic mass is 15.2. The van der Waals surface area contributed by atoms with Gasteiger partial charge in [0.15, 0.2) is 0 Å². The first-order chi connectivity index (χ1) is 9.92. The van der Waals surface area contributed by atoms with Crippen LogP contribution in [0.3, 0.4) is 0 Å². The van der Waals surface area contributed by atoms with Gasteiger partial charge in [0.2, 0.25) is 0 Å². The van der Waals surface area contributed by atoms with E-state index in [0.29, 0.717) is 11.5 Å². The Kier molecular flexibility index (Phi) is 5.48. The topological polar surface area (TPSA) is 29.9 Å². The molecule has 1 aliphatic rings. The number of nitrogens with one attached hydrogen (secondary N) is 1. The van der Waals surface area contributed by atoms with Gasteiger partial charge >= 0.3 is 0 Å². The Labute approximate surface area is 130 Å². The van der Waals surface area contributed by atoms with Crippen LogP contribution < -0.4 is 5.32 Å². The first-order valence-corrected chi connectivity index (χ1v) is 8.63. The SMILES string of the molecule is CCNC1CC(C)CCC1C(C)(C)CCc1cnn(C)c1. The van der Waals surface area contributed by atoms with E-state index in [4.69, 9.17) is 0 Å². The quantitative estimate of drug-likeness (QED) is 0.864. The van der Waals surface area contributed by atoms with Gasteiger partial charge in [0.25, 0.3) is 0 Å². The molecular weight excluding hydrogens is 258 g/mol. The molecule has 0 aromatic carbocycles. The highest BCUT2D eigenvalue weighted by Crippen LogP contribution is 2.42. The van der Waals surface area contributed by atoms with E-state index in [1.165, 1.54) is 31.2 Å². The molecule has 3 atom stereocenters. The maximum absolute atomic E-state index is 4.29. The number of hydrogen-bond donors (Lipinski definition) is 1. The van der Waals surface area contributed by atoms with Crippen LogP contribution in [0.15, 0.2) is 12.4 Å². The Bertz CT molecular complexity index is 435. The molecule has 1 aromatic heterocycles. The molecule has 0 radical (unpaired) electrons. The first-order valence-electron chi connectivity index (χ1n) is 8.63. The fourth-order valence-corrected chi connectivity index (χ4v) is 4.06. The molecule has 3 unspecified atom stereocenters. The predicted octanol–water partition coefficient (Wildman–Crippen LogP) is 3.79. The van der Waals surface area contributed by atoms with Crippen molar-refractivity contribution in [1.82, 2.24) is 15.1 Å². The second kappa shape index (κ2) is 6.95. The van der Waals surface area contributed by atoms with E-state index in [-0.39, 0.29) is 0 Å². The summed E-state index contributed by atoms with van der Waals surface area (Å²) in [6.45, 7) is 10.7. The molecule has 0 saturated heterocycles. The minimum absolute atomic E-state index is 0.392. The summed E-state index contributed by atoms with van der Waals surface area (Å²) in [5.74, 6) is 1.67. The van der Waals surface area contributed by atoms with E-state index in [0.717, 1.165) is 24.8 Å². The second-order valence-electron chi connectivity index (χ2n) is 7.70. The lowest BCUT2D eigenvalue weighted by Gasteiger charge is -2.45. The lowest BCUT2D eigenvalue weighted by molar-refractivity contribution is 0.0877. The first kappa shape index (κ1) is 16.5. The monoisotopic (exact) mass is 291 g/mol. The van der Waals surface area contributed by atoms with Gasteiger partial charge in [0, 0.05) is 19.3 Å². The zero-order valence-electron chi connectivity index (χ0n) is 14.5. The minimum Gasteiger partial charge on any atom is -0.314 e. The Balaban J connectivity index is 1.98. The van der Waals surface area contributed by atoms with Crippen molar-refractivity contribution < 1.29 is 0 Å². The molecule has 2 rings (SSSR count). The van der Waals surface area contributed by atoms with Gasteiger partial charge in [-0.25, -0.2) is 0 Å². The van der Waals surface area contributed by atoms with Crippen molar-refractivity contribution in [3.05, 3.63) is 18.0 Å². The Morgan fingerprint density at radius 2 is 2.14 bits per heavy atom. The third-order valence-corrected chi connectivity index (χ3v) is 5.40. The molecule has 0 aliphatic heterocycles. The Morgan fingerprint density at radius 1 is 1.38 bits per heavy atom. The maximum Gasteiger partial charge on any atom is 0.0521 e. The molecule has 1 saturated carbocycles. The summed E-state index contributed by atoms with van der Waals surface area (Å²) < 4.78 is 1.91. The molecule has 1 heterocycles. The van der Waals surface area contributed by atoms with Gasteiger partial charge in [0.05, 0.1) is 6.20 Å². The summed E-state index contributed by atoms with van der Waals surface area (Å²) in [6, 6.07) is 0.697. The molecule has 0 amide bonds. The number of nitrogens with zero attached hydrogens (tertiary/aromatic N) is 2. The molecule has 120 valence electrons. The van der Waals surface area contributed by atoms with Gasteiger partial charge in [-0.05, 0) is 55.0 Å². The summed E-state index contributed by atoms with van der Waals surface area (Å²) in [4.78, 5) is 0. The van der Waals surface area contributed by atoms with Crippen LogP contribution in [0.25, 0.3) is 0 Å². The van der Waals surface area contributed by atoms with Crippen LogP contribution >= 0.6 is 0 Å². The highest BCUT2D eigenvalue weighted by molar-refractivity contribution is 5.05. The predicted molar refractivity (Wildman–Crippen MR) is 89.3 cm³/mol. The number of hydrogen-bond acceptors (Lipinski definition) is 2. The van der Waals surface area contributed by atoms with E-state index in [1.54, 1.807) is 0 Å². The van der Waals surface area contributed by atoms with E-state index in [9.17, 15) is 0 Å². The summed E-state index contributed by atoms with van der Waals surface area (Å²) in [7, 11) is 2.00. The van der Waals surface area contributed by atoms with Crippen LogP contribution in [0.4, 0.5) is 0 Å². The molecule has 1 aromatic rings. The lowest BCUT2D eigenvalue weighted by atomic mass is 9.64. The summed E-state index contributed by atoms with van der Waals surface area (Å²) in [5, 5.41) is 8.05. The lowest BCUT2D eigenvalue weighted by Crippen LogP contribution is -2.46. The molecule has 3 nitrogen and oxygen atoms in total. The number of rotatable bonds is 6. The van der Waals surface area contributed by atoms with Crippen molar-refractivity contribution in [2.75, 3.05) is 6.54 Å². The molecule has 0 bridgehead atoms. The molecule has 1 aliphatic carbocycles. The zero-order valence-corrected chi connectivity index (χ0v) is 14.5. The van der Waals surface area contributed by atoms with Crippen molar-refractivity contribution in [3.8, 4) is 0 Å². The van der Waals surface area contributed by atoms with Crippen LogP contribution in [0.1, 0.15) is 58.9 Å². The zero-order chi connectivity index (χ0) is 15.5. The van der Waals surface area contributed by atoms with E-state index in [2.05, 4.69) is 44.3 Å². The van der Waals surface area contributed by atoms with Crippen LogP contribution in [0, 0.1) is 17.3 Å². The van der Waals surface area contributed by atoms with Crippen molar-refractivity contribution in [1.29, 1.82) is 0 Å². The summed E-state index contributed by atoms with van der Waals surface area (Å²) in [6.07, 6.45) is 10.7. The molecule has 1 fully saturated rings.